The molecule has 0 aliphatic heterocycles. The van der Waals surface area contributed by atoms with Gasteiger partial charge in [0.15, 0.2) is 18.4 Å². The zero-order chi connectivity index (χ0) is 18.7. The smallest absolute Gasteiger partial charge is 0.213 e. The lowest BCUT2D eigenvalue weighted by Crippen LogP contribution is -2.40. The van der Waals surface area contributed by atoms with Crippen molar-refractivity contribution in [2.45, 2.75) is 19.9 Å². The third-order valence-electron chi connectivity index (χ3n) is 4.76. The molecule has 3 aromatic rings. The average molecular weight is 367 g/mol. The highest BCUT2D eigenvalue weighted by Crippen LogP contribution is 2.30. The number of hydrogen-bond donors (Lipinski definition) is 0. The number of aldehydes is 1. The van der Waals surface area contributed by atoms with Gasteiger partial charge in [0.2, 0.25) is 11.4 Å². The second-order valence-electron chi connectivity index (χ2n) is 6.55. The summed E-state index contributed by atoms with van der Waals surface area (Å²) < 4.78 is 4.24. The predicted molar refractivity (Wildman–Crippen MR) is 104 cm³/mol. The number of pyridine rings is 2. The molecule has 4 heteroatoms. The molecule has 1 aromatic carbocycles. The molecule has 2 aromatic heterocycles. The molecule has 0 amide bonds. The maximum Gasteiger partial charge on any atom is 0.213 e. The molecule has 0 bridgehead atoms. The van der Waals surface area contributed by atoms with Crippen LogP contribution in [-0.2, 0) is 7.05 Å². The highest BCUT2D eigenvalue weighted by atomic mass is 35.5. The van der Waals surface area contributed by atoms with Gasteiger partial charge < -0.3 is 0 Å². The predicted octanol–water partition coefficient (Wildman–Crippen LogP) is 4.05. The van der Waals surface area contributed by atoms with Crippen LogP contribution in [0.2, 0.25) is 0 Å². The first kappa shape index (κ1) is 18.3. The number of carbonyl (C=O) groups is 1. The molecule has 1 atom stereocenters. The Kier molecular flexibility index (Phi) is 5.48. The number of aromatic nitrogens is 2. The van der Waals surface area contributed by atoms with Crippen LogP contribution >= 0.6 is 11.6 Å². The van der Waals surface area contributed by atoms with E-state index in [9.17, 15) is 4.79 Å². The summed E-state index contributed by atoms with van der Waals surface area (Å²) in [5.41, 5.74) is 6.04. The highest BCUT2D eigenvalue weighted by molar-refractivity contribution is 6.18. The molecule has 2 heterocycles. The van der Waals surface area contributed by atoms with Crippen molar-refractivity contribution < 1.29 is 13.9 Å². The number of benzene rings is 1. The lowest BCUT2D eigenvalue weighted by atomic mass is 9.94. The van der Waals surface area contributed by atoms with E-state index in [1.54, 1.807) is 0 Å². The van der Waals surface area contributed by atoms with E-state index in [4.69, 9.17) is 11.6 Å². The maximum atomic E-state index is 11.6. The number of aryl methyl sites for hydroxylation is 1. The normalized spacial score (nSPS) is 12.0. The topological polar surface area (TPSA) is 24.8 Å². The molecule has 3 rings (SSSR count). The molecule has 0 spiro atoms. The third kappa shape index (κ3) is 3.40. The first-order valence-electron chi connectivity index (χ1n) is 8.68. The third-order valence-corrected chi connectivity index (χ3v) is 5.21. The number of halogens is 1. The molecule has 3 nitrogen and oxygen atoms in total. The van der Waals surface area contributed by atoms with E-state index in [0.717, 1.165) is 34.4 Å². The van der Waals surface area contributed by atoms with Crippen molar-refractivity contribution in [3.05, 3.63) is 72.1 Å². The van der Waals surface area contributed by atoms with E-state index in [2.05, 4.69) is 35.1 Å². The van der Waals surface area contributed by atoms with Crippen molar-refractivity contribution in [3.63, 3.8) is 0 Å². The van der Waals surface area contributed by atoms with Gasteiger partial charge in [-0.25, -0.2) is 4.57 Å². The number of rotatable bonds is 5. The first-order valence-corrected chi connectivity index (χ1v) is 9.21. The van der Waals surface area contributed by atoms with Gasteiger partial charge in [0.1, 0.15) is 13.3 Å². The lowest BCUT2D eigenvalue weighted by molar-refractivity contribution is -0.704. The number of alkyl halides is 1. The molecule has 0 unspecified atom stereocenters. The Bertz CT molecular complexity index is 953. The fourth-order valence-electron chi connectivity index (χ4n) is 3.28. The van der Waals surface area contributed by atoms with Crippen molar-refractivity contribution >= 4 is 17.9 Å². The summed E-state index contributed by atoms with van der Waals surface area (Å²) in [6, 6.07) is 16.3. The minimum atomic E-state index is 0.156. The molecule has 0 saturated heterocycles. The van der Waals surface area contributed by atoms with Crippen molar-refractivity contribution in [1.29, 1.82) is 0 Å². The number of carbonyl (C=O) groups excluding carboxylic acids is 1. The van der Waals surface area contributed by atoms with Crippen LogP contribution in [-0.4, -0.2) is 12.2 Å². The van der Waals surface area contributed by atoms with Gasteiger partial charge in [0, 0.05) is 29.8 Å². The summed E-state index contributed by atoms with van der Waals surface area (Å²) >= 11 is 6.11. The van der Waals surface area contributed by atoms with Crippen molar-refractivity contribution in [2.24, 2.45) is 7.05 Å². The van der Waals surface area contributed by atoms with E-state index >= 15 is 0 Å². The molecular formula is C22H23ClN2O+2. The van der Waals surface area contributed by atoms with Crippen LogP contribution in [0.1, 0.15) is 28.9 Å². The zero-order valence-electron chi connectivity index (χ0n) is 15.3. The summed E-state index contributed by atoms with van der Waals surface area (Å²) in [7, 11) is 2.01. The first-order chi connectivity index (χ1) is 12.6. The van der Waals surface area contributed by atoms with Crippen molar-refractivity contribution in [3.8, 4) is 22.5 Å². The second-order valence-corrected chi connectivity index (χ2v) is 6.86. The van der Waals surface area contributed by atoms with E-state index in [0.29, 0.717) is 11.4 Å². The van der Waals surface area contributed by atoms with Gasteiger partial charge in [0.25, 0.3) is 0 Å². The van der Waals surface area contributed by atoms with Gasteiger partial charge >= 0.3 is 0 Å². The Balaban J connectivity index is 2.29. The lowest BCUT2D eigenvalue weighted by Gasteiger charge is -2.13. The summed E-state index contributed by atoms with van der Waals surface area (Å²) in [6.45, 7) is 4.20. The highest BCUT2D eigenvalue weighted by Gasteiger charge is 2.23. The van der Waals surface area contributed by atoms with Crippen LogP contribution < -0.4 is 9.13 Å². The Morgan fingerprint density at radius 3 is 2.27 bits per heavy atom. The Morgan fingerprint density at radius 1 is 1.04 bits per heavy atom. The minimum Gasteiger partial charge on any atom is -0.298 e. The zero-order valence-corrected chi connectivity index (χ0v) is 16.1. The summed E-state index contributed by atoms with van der Waals surface area (Å²) in [6.07, 6.45) is 4.96. The van der Waals surface area contributed by atoms with Gasteiger partial charge in [-0.05, 0) is 43.7 Å². The molecule has 132 valence electrons. The molecule has 0 aliphatic rings. The van der Waals surface area contributed by atoms with Crippen LogP contribution in [0.15, 0.2) is 60.9 Å². The van der Waals surface area contributed by atoms with Crippen LogP contribution in [0.3, 0.4) is 0 Å². The fraction of sp³-hybridized carbons (Fsp3) is 0.227. The van der Waals surface area contributed by atoms with E-state index < -0.39 is 0 Å². The summed E-state index contributed by atoms with van der Waals surface area (Å²) in [4.78, 5) is 11.6. The molecule has 26 heavy (non-hydrogen) atoms. The fourth-order valence-corrected chi connectivity index (χ4v) is 3.43. The Hall–Kier alpha value is -2.52. The van der Waals surface area contributed by atoms with Crippen molar-refractivity contribution in [1.82, 2.24) is 0 Å². The summed E-state index contributed by atoms with van der Waals surface area (Å²) in [5.74, 6) is 0.522. The van der Waals surface area contributed by atoms with Gasteiger partial charge in [-0.2, -0.15) is 4.57 Å². The molecule has 0 aliphatic carbocycles. The number of hydrogen-bond acceptors (Lipinski definition) is 1. The molecule has 0 fully saturated rings. The molecule has 0 radical (unpaired) electrons. The van der Waals surface area contributed by atoms with E-state index in [1.165, 1.54) is 0 Å². The number of nitrogens with zero attached hydrogens (tertiary/aromatic N) is 2. The van der Waals surface area contributed by atoms with Gasteiger partial charge in [-0.15, -0.1) is 11.6 Å². The van der Waals surface area contributed by atoms with Crippen LogP contribution in [0.25, 0.3) is 22.5 Å². The van der Waals surface area contributed by atoms with Gasteiger partial charge in [0.05, 0.1) is 17.0 Å². The average Bonchev–Trinajstić information content (AvgIpc) is 2.68. The van der Waals surface area contributed by atoms with E-state index in [-0.39, 0.29) is 6.04 Å². The quantitative estimate of drug-likeness (QED) is 0.380. The van der Waals surface area contributed by atoms with Crippen molar-refractivity contribution in [2.75, 3.05) is 5.88 Å². The van der Waals surface area contributed by atoms with Crippen LogP contribution in [0, 0.1) is 6.92 Å². The minimum absolute atomic E-state index is 0.156. The Labute approximate surface area is 159 Å². The Morgan fingerprint density at radius 2 is 1.65 bits per heavy atom. The van der Waals surface area contributed by atoms with Crippen LogP contribution in [0.4, 0.5) is 0 Å². The largest absolute Gasteiger partial charge is 0.298 e. The monoisotopic (exact) mass is 366 g/mol. The van der Waals surface area contributed by atoms with E-state index in [1.807, 2.05) is 55.8 Å². The van der Waals surface area contributed by atoms with Gasteiger partial charge in [-0.1, -0.05) is 0 Å². The molecule has 0 saturated carbocycles. The molecule has 0 N–H and O–H groups in total. The standard InChI is InChI=1S/C22H23ClN2O/c1-16(14-23)25-11-7-5-9-22(25)20-13-18(15-26)12-19(17(20)2)21-8-4-6-10-24(21)3/h4-13,15-16H,14H2,1-3H3/q+2/t16-/m0/s1. The summed E-state index contributed by atoms with van der Waals surface area (Å²) in [5, 5.41) is 0. The molecular weight excluding hydrogens is 344 g/mol. The van der Waals surface area contributed by atoms with Gasteiger partial charge in [-0.3, -0.25) is 4.79 Å². The second kappa shape index (κ2) is 7.79. The van der Waals surface area contributed by atoms with Crippen LogP contribution in [0.5, 0.6) is 0 Å². The SMILES string of the molecule is Cc1c(-c2cccc[n+]2C)cc(C=O)cc1-c1cccc[n+]1[C@@H](C)CCl. The maximum absolute atomic E-state index is 11.6.